The highest BCUT2D eigenvalue weighted by atomic mass is 16.2. The monoisotopic (exact) mass is 524 g/mol. The van der Waals surface area contributed by atoms with Crippen LogP contribution in [0, 0.1) is 0 Å². The maximum absolute atomic E-state index is 12.2. The van der Waals surface area contributed by atoms with Crippen LogP contribution in [0.4, 0.5) is 0 Å². The van der Waals surface area contributed by atoms with Gasteiger partial charge in [-0.3, -0.25) is 9.59 Å². The maximum atomic E-state index is 12.2. The number of carbonyl (C=O) groups excluding carboxylic acids is 2. The first-order chi connectivity index (χ1) is 18.1. The van der Waals surface area contributed by atoms with Gasteiger partial charge in [0, 0.05) is 13.1 Å². The Kier molecular flexibility index (Phi) is 28.6. The summed E-state index contributed by atoms with van der Waals surface area (Å²) in [5, 5.41) is 5.82. The van der Waals surface area contributed by atoms with Crippen LogP contribution in [0.1, 0.15) is 174 Å². The lowest BCUT2D eigenvalue weighted by molar-refractivity contribution is -0.127. The fourth-order valence-electron chi connectivity index (χ4n) is 4.87. The molecule has 0 rings (SSSR count). The summed E-state index contributed by atoms with van der Waals surface area (Å²) in [6.45, 7) is 5.87. The summed E-state index contributed by atoms with van der Waals surface area (Å²) in [5.41, 5.74) is 5.93. The Morgan fingerprint density at radius 1 is 0.486 bits per heavy atom. The lowest BCUT2D eigenvalue weighted by Crippen LogP contribution is -2.44. The highest BCUT2D eigenvalue weighted by molar-refractivity contribution is 5.88. The number of nitrogens with one attached hydrogen (secondary N) is 2. The van der Waals surface area contributed by atoms with E-state index < -0.39 is 6.04 Å². The minimum Gasteiger partial charge on any atom is -0.356 e. The van der Waals surface area contributed by atoms with E-state index in [4.69, 9.17) is 5.73 Å². The van der Waals surface area contributed by atoms with Crippen molar-refractivity contribution in [1.29, 1.82) is 0 Å². The van der Waals surface area contributed by atoms with Crippen molar-refractivity contribution in [3.8, 4) is 0 Å². The van der Waals surface area contributed by atoms with Crippen LogP contribution < -0.4 is 16.4 Å². The first kappa shape index (κ1) is 35.9. The van der Waals surface area contributed by atoms with Gasteiger partial charge >= 0.3 is 0 Å². The summed E-state index contributed by atoms with van der Waals surface area (Å²) in [4.78, 5) is 24.2. The molecule has 0 saturated carbocycles. The zero-order valence-electron chi connectivity index (χ0n) is 25.1. The van der Waals surface area contributed by atoms with E-state index in [1.807, 2.05) is 0 Å². The van der Waals surface area contributed by atoms with Crippen molar-refractivity contribution < 1.29 is 9.59 Å². The standard InChI is InChI=1S/C32H65N3O2/c1-3-5-7-9-11-13-15-16-17-18-20-22-24-26-28-35-32(37)30(33)29-31(36)34-27-25-23-21-19-14-12-10-8-6-4-2/h30H,3-29,33H2,1-2H3,(H,34,36)(H,35,37)/t30-/m0/s1. The number of nitrogens with two attached hydrogens (primary N) is 1. The van der Waals surface area contributed by atoms with E-state index in [0.29, 0.717) is 13.1 Å². The average Bonchev–Trinajstić information content (AvgIpc) is 2.89. The SMILES string of the molecule is CCCCCCCCCCCCCCCCNC(=O)[C@@H](N)CC(=O)NCCCCCCCCCCCC. The van der Waals surface area contributed by atoms with Crippen molar-refractivity contribution in [2.45, 2.75) is 180 Å². The molecule has 0 unspecified atom stereocenters. The molecule has 0 saturated heterocycles. The quantitative estimate of drug-likeness (QED) is 0.0861. The van der Waals surface area contributed by atoms with E-state index in [1.54, 1.807) is 0 Å². The molecule has 0 aromatic heterocycles. The lowest BCUT2D eigenvalue weighted by atomic mass is 10.0. The molecule has 0 bridgehead atoms. The molecule has 0 aliphatic rings. The minimum atomic E-state index is -0.751. The molecule has 5 heteroatoms. The minimum absolute atomic E-state index is 0.0718. The zero-order chi connectivity index (χ0) is 27.2. The predicted molar refractivity (Wildman–Crippen MR) is 161 cm³/mol. The smallest absolute Gasteiger partial charge is 0.237 e. The molecule has 0 aliphatic heterocycles. The first-order valence-corrected chi connectivity index (χ1v) is 16.4. The van der Waals surface area contributed by atoms with Gasteiger partial charge < -0.3 is 16.4 Å². The molecule has 0 aliphatic carbocycles. The molecule has 220 valence electrons. The topological polar surface area (TPSA) is 84.2 Å². The Labute approximate surface area is 231 Å². The van der Waals surface area contributed by atoms with Gasteiger partial charge in [-0.2, -0.15) is 0 Å². The van der Waals surface area contributed by atoms with Crippen LogP contribution in [0.3, 0.4) is 0 Å². The second-order valence-corrected chi connectivity index (χ2v) is 11.2. The van der Waals surface area contributed by atoms with Gasteiger partial charge in [0.1, 0.15) is 0 Å². The van der Waals surface area contributed by atoms with Gasteiger partial charge in [0.2, 0.25) is 11.8 Å². The Morgan fingerprint density at radius 2 is 0.784 bits per heavy atom. The van der Waals surface area contributed by atoms with Crippen LogP contribution in [0.25, 0.3) is 0 Å². The van der Waals surface area contributed by atoms with E-state index in [9.17, 15) is 9.59 Å². The van der Waals surface area contributed by atoms with Crippen LogP contribution in [0.15, 0.2) is 0 Å². The third-order valence-electron chi connectivity index (χ3n) is 7.42. The third kappa shape index (κ3) is 27.7. The molecule has 5 nitrogen and oxygen atoms in total. The maximum Gasteiger partial charge on any atom is 0.237 e. The van der Waals surface area contributed by atoms with Crippen molar-refractivity contribution in [2.24, 2.45) is 5.73 Å². The highest BCUT2D eigenvalue weighted by Gasteiger charge is 2.16. The molecule has 0 fully saturated rings. The molecular weight excluding hydrogens is 458 g/mol. The van der Waals surface area contributed by atoms with Crippen LogP contribution in [0.2, 0.25) is 0 Å². The van der Waals surface area contributed by atoms with Crippen molar-refractivity contribution in [3.63, 3.8) is 0 Å². The van der Waals surface area contributed by atoms with Gasteiger partial charge in [-0.1, -0.05) is 155 Å². The average molecular weight is 524 g/mol. The van der Waals surface area contributed by atoms with E-state index >= 15 is 0 Å². The molecule has 0 radical (unpaired) electrons. The van der Waals surface area contributed by atoms with Gasteiger partial charge in [-0.05, 0) is 12.8 Å². The molecule has 0 aromatic carbocycles. The lowest BCUT2D eigenvalue weighted by Gasteiger charge is -2.12. The molecule has 1 atom stereocenters. The third-order valence-corrected chi connectivity index (χ3v) is 7.42. The van der Waals surface area contributed by atoms with Gasteiger partial charge in [0.25, 0.3) is 0 Å². The zero-order valence-corrected chi connectivity index (χ0v) is 25.1. The summed E-state index contributed by atoms with van der Waals surface area (Å²) in [6, 6.07) is -0.751. The van der Waals surface area contributed by atoms with E-state index in [0.717, 1.165) is 25.7 Å². The number of amides is 2. The Morgan fingerprint density at radius 3 is 1.14 bits per heavy atom. The van der Waals surface area contributed by atoms with E-state index in [2.05, 4.69) is 24.5 Å². The van der Waals surface area contributed by atoms with Crippen molar-refractivity contribution >= 4 is 11.8 Å². The van der Waals surface area contributed by atoms with Crippen molar-refractivity contribution in [3.05, 3.63) is 0 Å². The number of carbonyl (C=O) groups is 2. The molecule has 0 heterocycles. The predicted octanol–water partition coefficient (Wildman–Crippen LogP) is 8.34. The molecule has 2 amide bonds. The molecule has 0 aromatic rings. The fourth-order valence-corrected chi connectivity index (χ4v) is 4.87. The largest absolute Gasteiger partial charge is 0.356 e. The Bertz CT molecular complexity index is 498. The molecule has 37 heavy (non-hydrogen) atoms. The summed E-state index contributed by atoms with van der Waals surface area (Å²) in [5.74, 6) is -0.321. The van der Waals surface area contributed by atoms with Crippen LogP contribution in [0.5, 0.6) is 0 Å². The van der Waals surface area contributed by atoms with Crippen LogP contribution >= 0.6 is 0 Å². The Balaban J connectivity index is 3.42. The second-order valence-electron chi connectivity index (χ2n) is 11.2. The summed E-state index contributed by atoms with van der Waals surface area (Å²) in [6.07, 6.45) is 31.4. The van der Waals surface area contributed by atoms with Crippen LogP contribution in [-0.2, 0) is 9.59 Å². The normalized spacial score (nSPS) is 12.0. The molecule has 4 N–H and O–H groups in total. The van der Waals surface area contributed by atoms with Crippen molar-refractivity contribution in [2.75, 3.05) is 13.1 Å². The van der Waals surface area contributed by atoms with E-state index in [-0.39, 0.29) is 18.2 Å². The molecular formula is C32H65N3O2. The molecule has 0 spiro atoms. The highest BCUT2D eigenvalue weighted by Crippen LogP contribution is 2.13. The van der Waals surface area contributed by atoms with Gasteiger partial charge in [0.05, 0.1) is 12.5 Å². The fraction of sp³-hybridized carbons (Fsp3) is 0.938. The Hall–Kier alpha value is -1.10. The number of hydrogen-bond acceptors (Lipinski definition) is 3. The van der Waals surface area contributed by atoms with Gasteiger partial charge in [-0.25, -0.2) is 0 Å². The first-order valence-electron chi connectivity index (χ1n) is 16.4. The summed E-state index contributed by atoms with van der Waals surface area (Å²) in [7, 11) is 0. The summed E-state index contributed by atoms with van der Waals surface area (Å²) >= 11 is 0. The number of hydrogen-bond donors (Lipinski definition) is 3. The number of rotatable bonds is 29. The van der Waals surface area contributed by atoms with Crippen LogP contribution in [-0.4, -0.2) is 30.9 Å². The summed E-state index contributed by atoms with van der Waals surface area (Å²) < 4.78 is 0. The number of unbranched alkanes of at least 4 members (excludes halogenated alkanes) is 22. The van der Waals surface area contributed by atoms with Gasteiger partial charge in [0.15, 0.2) is 0 Å². The second kappa shape index (κ2) is 29.5. The van der Waals surface area contributed by atoms with Gasteiger partial charge in [-0.15, -0.1) is 0 Å². The van der Waals surface area contributed by atoms with Crippen molar-refractivity contribution in [1.82, 2.24) is 10.6 Å². The van der Waals surface area contributed by atoms with E-state index in [1.165, 1.54) is 128 Å².